The zero-order valence-corrected chi connectivity index (χ0v) is 25.4. The number of allylic oxidation sites excluding steroid dienone is 3. The van der Waals surface area contributed by atoms with E-state index in [9.17, 15) is 0 Å². The first-order chi connectivity index (χ1) is 20.0. The van der Waals surface area contributed by atoms with E-state index in [1.54, 1.807) is 0 Å². The number of hydrogen-bond acceptors (Lipinski definition) is 2. The minimum absolute atomic E-state index is 1.000. The minimum Gasteiger partial charge on any atom is -0.372 e. The van der Waals surface area contributed by atoms with Crippen molar-refractivity contribution in [2.24, 2.45) is 0 Å². The van der Waals surface area contributed by atoms with Crippen LogP contribution in [0.15, 0.2) is 115 Å². The lowest BCUT2D eigenvalue weighted by Gasteiger charge is -2.21. The Morgan fingerprint density at radius 2 is 1.02 bits per heavy atom. The summed E-state index contributed by atoms with van der Waals surface area (Å²) in [6.07, 6.45) is 6.68. The average molecular weight is 541 g/mol. The van der Waals surface area contributed by atoms with E-state index in [4.69, 9.17) is 0 Å². The average Bonchev–Trinajstić information content (AvgIpc) is 3.01. The topological polar surface area (TPSA) is 6.48 Å². The molecule has 0 spiro atoms. The normalized spacial score (nSPS) is 11.6. The highest BCUT2D eigenvalue weighted by Crippen LogP contribution is 2.27. The molecule has 4 aromatic rings. The van der Waals surface area contributed by atoms with Gasteiger partial charge in [-0.25, -0.2) is 0 Å². The van der Waals surface area contributed by atoms with Gasteiger partial charge in [0.1, 0.15) is 0 Å². The monoisotopic (exact) mass is 540 g/mol. The molecular weight excluding hydrogens is 496 g/mol. The maximum Gasteiger partial charge on any atom is 0.0366 e. The quantitative estimate of drug-likeness (QED) is 0.178. The smallest absolute Gasteiger partial charge is 0.0366 e. The second kappa shape index (κ2) is 14.4. The third-order valence-electron chi connectivity index (χ3n) is 7.77. The van der Waals surface area contributed by atoms with Crippen molar-refractivity contribution in [3.63, 3.8) is 0 Å². The Kier molecular flexibility index (Phi) is 10.4. The molecule has 0 heterocycles. The number of rotatable bonds is 11. The fourth-order valence-electron chi connectivity index (χ4n) is 5.26. The Morgan fingerprint density at radius 1 is 0.585 bits per heavy atom. The first-order valence-electron chi connectivity index (χ1n) is 14.9. The van der Waals surface area contributed by atoms with Gasteiger partial charge in [0.2, 0.25) is 0 Å². The molecular formula is C39H44N2. The van der Waals surface area contributed by atoms with Crippen LogP contribution in [-0.2, 0) is 0 Å². The molecule has 4 rings (SSSR count). The van der Waals surface area contributed by atoms with Gasteiger partial charge < -0.3 is 9.80 Å². The molecule has 0 aromatic heterocycles. The van der Waals surface area contributed by atoms with E-state index in [-0.39, 0.29) is 0 Å². The Labute approximate surface area is 247 Å². The van der Waals surface area contributed by atoms with Gasteiger partial charge in [-0.2, -0.15) is 0 Å². The van der Waals surface area contributed by atoms with Gasteiger partial charge in [0.15, 0.2) is 0 Å². The van der Waals surface area contributed by atoms with Crippen LogP contribution in [0, 0.1) is 6.92 Å². The van der Waals surface area contributed by atoms with Crippen molar-refractivity contribution < 1.29 is 0 Å². The van der Waals surface area contributed by atoms with E-state index in [1.807, 2.05) is 0 Å². The number of anilines is 2. The molecule has 2 nitrogen and oxygen atoms in total. The van der Waals surface area contributed by atoms with Crippen LogP contribution in [0.25, 0.3) is 17.7 Å². The summed E-state index contributed by atoms with van der Waals surface area (Å²) in [5, 5.41) is 2.20. The lowest BCUT2D eigenvalue weighted by molar-refractivity contribution is 0.866. The summed E-state index contributed by atoms with van der Waals surface area (Å²) < 4.78 is 0. The maximum absolute atomic E-state index is 4.08. The largest absolute Gasteiger partial charge is 0.372 e. The van der Waals surface area contributed by atoms with E-state index in [0.29, 0.717) is 0 Å². The molecule has 0 radical (unpaired) electrons. The molecule has 0 aliphatic rings. The maximum atomic E-state index is 4.08. The van der Waals surface area contributed by atoms with Gasteiger partial charge in [-0.05, 0) is 97.2 Å². The number of benzene rings is 4. The zero-order valence-electron chi connectivity index (χ0n) is 25.4. The fourth-order valence-corrected chi connectivity index (χ4v) is 5.26. The molecule has 0 N–H and O–H groups in total. The van der Waals surface area contributed by atoms with E-state index < -0.39 is 0 Å². The molecule has 0 aliphatic carbocycles. The summed E-state index contributed by atoms with van der Waals surface area (Å²) in [6, 6.07) is 35.2. The van der Waals surface area contributed by atoms with Crippen molar-refractivity contribution in [1.29, 1.82) is 0 Å². The van der Waals surface area contributed by atoms with Crippen LogP contribution in [0.5, 0.6) is 0 Å². The van der Waals surface area contributed by atoms with Crippen LogP contribution in [0.2, 0.25) is 0 Å². The van der Waals surface area contributed by atoms with Gasteiger partial charge in [0.05, 0.1) is 0 Å². The van der Waals surface area contributed by atoms with Gasteiger partial charge in [0.25, 0.3) is 0 Å². The Bertz CT molecular complexity index is 1540. The highest BCUT2D eigenvalue weighted by Gasteiger charge is 2.08. The zero-order chi connectivity index (χ0) is 29.2. The van der Waals surface area contributed by atoms with Gasteiger partial charge in [-0.1, -0.05) is 103 Å². The third-order valence-corrected chi connectivity index (χ3v) is 7.77. The molecule has 0 amide bonds. The van der Waals surface area contributed by atoms with Crippen molar-refractivity contribution in [2.45, 2.75) is 34.6 Å². The molecule has 4 aromatic carbocycles. The first kappa shape index (κ1) is 29.7. The Balaban J connectivity index is 1.78. The second-order valence-corrected chi connectivity index (χ2v) is 10.4. The summed E-state index contributed by atoms with van der Waals surface area (Å²) in [5.41, 5.74) is 9.79. The highest BCUT2D eigenvalue weighted by atomic mass is 15.1. The van der Waals surface area contributed by atoms with E-state index in [2.05, 4.69) is 166 Å². The lowest BCUT2D eigenvalue weighted by atomic mass is 9.95. The molecule has 210 valence electrons. The van der Waals surface area contributed by atoms with E-state index >= 15 is 0 Å². The lowest BCUT2D eigenvalue weighted by Crippen LogP contribution is -2.21. The Hall–Kier alpha value is -4.30. The first-order valence-corrected chi connectivity index (χ1v) is 14.9. The molecule has 0 saturated carbocycles. The predicted octanol–water partition coefficient (Wildman–Crippen LogP) is 7.98. The molecule has 41 heavy (non-hydrogen) atoms. The Morgan fingerprint density at radius 3 is 1.49 bits per heavy atom. The summed E-state index contributed by atoms with van der Waals surface area (Å²) in [6.45, 7) is 19.0. The molecule has 0 saturated heterocycles. The van der Waals surface area contributed by atoms with Gasteiger partial charge in [0, 0.05) is 37.6 Å². The van der Waals surface area contributed by atoms with E-state index in [1.165, 1.54) is 50.0 Å². The van der Waals surface area contributed by atoms with Crippen molar-refractivity contribution in [2.75, 3.05) is 36.0 Å². The summed E-state index contributed by atoms with van der Waals surface area (Å²) in [5.74, 6) is 0. The van der Waals surface area contributed by atoms with Crippen LogP contribution >= 0.6 is 0 Å². The predicted molar refractivity (Wildman–Crippen MR) is 181 cm³/mol. The van der Waals surface area contributed by atoms with Crippen LogP contribution in [0.1, 0.15) is 49.9 Å². The number of aryl methyl sites for hydroxylation is 1. The van der Waals surface area contributed by atoms with Crippen LogP contribution in [0.3, 0.4) is 0 Å². The van der Waals surface area contributed by atoms with Crippen molar-refractivity contribution >= 4 is 29.1 Å². The standard InChI is InChI=1S/C39H44N2/c1-7-40(8-2)36-26-22-34(23-27-36)38(32-18-14-30(5)15-19-32)12-11-13-39(33-20-16-31(6)17-21-33)35-24-28-37(29-25-35)41(9-3)10-4/h11-29H,5,7-10H2,1-4,6H3. The molecule has 0 unspecified atom stereocenters. The van der Waals surface area contributed by atoms with Gasteiger partial charge in [-0.15, -0.1) is 0 Å². The van der Waals surface area contributed by atoms with Gasteiger partial charge >= 0.3 is 0 Å². The van der Waals surface area contributed by atoms with Crippen molar-refractivity contribution in [3.8, 4) is 0 Å². The fraction of sp³-hybridized carbons (Fsp3) is 0.231. The van der Waals surface area contributed by atoms with Crippen LogP contribution in [0.4, 0.5) is 11.4 Å². The van der Waals surface area contributed by atoms with Crippen LogP contribution in [-0.4, -0.2) is 26.2 Å². The van der Waals surface area contributed by atoms with Gasteiger partial charge in [-0.3, -0.25) is 0 Å². The number of hydrogen-bond donors (Lipinski definition) is 0. The van der Waals surface area contributed by atoms with E-state index in [0.717, 1.165) is 31.4 Å². The summed E-state index contributed by atoms with van der Waals surface area (Å²) in [4.78, 5) is 4.75. The molecule has 0 atom stereocenters. The minimum atomic E-state index is 1.000. The second-order valence-electron chi connectivity index (χ2n) is 10.4. The van der Waals surface area contributed by atoms with Crippen molar-refractivity contribution in [1.82, 2.24) is 0 Å². The van der Waals surface area contributed by atoms with Crippen molar-refractivity contribution in [3.05, 3.63) is 148 Å². The molecule has 2 heteroatoms. The summed E-state index contributed by atoms with van der Waals surface area (Å²) in [7, 11) is 0. The SMILES string of the molecule is C=c1ccc(=C(C=CC=C(c2ccc(C)cc2)c2ccc(N(CC)CC)cc2)c2ccc(N(CC)CC)cc2)cc1. The highest BCUT2D eigenvalue weighted by molar-refractivity contribution is 5.83. The molecule has 0 bridgehead atoms. The molecule has 0 fully saturated rings. The number of nitrogens with zero attached hydrogens (tertiary/aromatic N) is 2. The summed E-state index contributed by atoms with van der Waals surface area (Å²) >= 11 is 0. The molecule has 0 aliphatic heterocycles. The third kappa shape index (κ3) is 7.46. The van der Waals surface area contributed by atoms with Crippen LogP contribution < -0.4 is 20.2 Å².